The lowest BCUT2D eigenvalue weighted by atomic mass is 10.3. The van der Waals surface area contributed by atoms with Crippen LogP contribution in [0, 0.1) is 0 Å². The molecule has 1 aromatic rings. The first-order chi connectivity index (χ1) is 7.45. The minimum absolute atomic E-state index is 0.242. The van der Waals surface area contributed by atoms with Crippen molar-refractivity contribution in [3.63, 3.8) is 0 Å². The molecule has 1 N–H and O–H groups in total. The Labute approximate surface area is 113 Å². The highest BCUT2D eigenvalue weighted by atomic mass is 79.9. The maximum atomic E-state index is 11.6. The second-order valence-electron chi connectivity index (χ2n) is 3.19. The lowest BCUT2D eigenvalue weighted by molar-refractivity contribution is 0.224. The summed E-state index contributed by atoms with van der Waals surface area (Å²) < 4.78 is 0.768. The van der Waals surface area contributed by atoms with Gasteiger partial charge in [0.05, 0.1) is 15.7 Å². The second-order valence-corrected chi connectivity index (χ2v) is 4.92. The van der Waals surface area contributed by atoms with Crippen LogP contribution in [0.5, 0.6) is 0 Å². The molecule has 0 radical (unpaired) electrons. The van der Waals surface area contributed by atoms with Crippen molar-refractivity contribution in [1.82, 2.24) is 4.90 Å². The van der Waals surface area contributed by atoms with E-state index in [1.165, 1.54) is 4.90 Å². The lowest BCUT2D eigenvalue weighted by Gasteiger charge is -2.17. The van der Waals surface area contributed by atoms with E-state index >= 15 is 0 Å². The highest BCUT2D eigenvalue weighted by molar-refractivity contribution is 9.10. The molecule has 0 atom stereocenters. The number of halogens is 3. The number of nitrogens with one attached hydrogen (secondary N) is 1. The zero-order chi connectivity index (χ0) is 12.3. The summed E-state index contributed by atoms with van der Waals surface area (Å²) in [4.78, 5) is 13.1. The van der Waals surface area contributed by atoms with Gasteiger partial charge in [-0.15, -0.1) is 0 Å². The van der Waals surface area contributed by atoms with Crippen LogP contribution in [0.25, 0.3) is 0 Å². The lowest BCUT2D eigenvalue weighted by Crippen LogP contribution is -2.31. The minimum atomic E-state index is -0.242. The topological polar surface area (TPSA) is 32.3 Å². The van der Waals surface area contributed by atoms with E-state index in [2.05, 4.69) is 21.2 Å². The third-order valence-corrected chi connectivity index (χ3v) is 3.11. The van der Waals surface area contributed by atoms with Crippen molar-refractivity contribution in [2.75, 3.05) is 18.9 Å². The van der Waals surface area contributed by atoms with Crippen LogP contribution < -0.4 is 5.32 Å². The Bertz CT molecular complexity index is 389. The molecule has 0 saturated carbocycles. The van der Waals surface area contributed by atoms with Gasteiger partial charge in [-0.1, -0.05) is 39.1 Å². The quantitative estimate of drug-likeness (QED) is 0.866. The summed E-state index contributed by atoms with van der Waals surface area (Å²) in [5.74, 6) is 0. The van der Waals surface area contributed by atoms with Gasteiger partial charge in [0.1, 0.15) is 0 Å². The van der Waals surface area contributed by atoms with Crippen LogP contribution in [0.4, 0.5) is 10.5 Å². The highest BCUT2D eigenvalue weighted by Crippen LogP contribution is 2.33. The fraction of sp³-hybridized carbons (Fsp3) is 0.300. The number of nitrogens with zero attached hydrogens (tertiary/aromatic N) is 1. The van der Waals surface area contributed by atoms with E-state index in [1.54, 1.807) is 19.2 Å². The fourth-order valence-electron chi connectivity index (χ4n) is 1.01. The summed E-state index contributed by atoms with van der Waals surface area (Å²) in [6, 6.07) is 3.11. The van der Waals surface area contributed by atoms with Gasteiger partial charge in [0.2, 0.25) is 0 Å². The van der Waals surface area contributed by atoms with E-state index in [4.69, 9.17) is 23.2 Å². The van der Waals surface area contributed by atoms with Gasteiger partial charge >= 0.3 is 6.03 Å². The van der Waals surface area contributed by atoms with Crippen LogP contribution >= 0.6 is 39.1 Å². The Hall–Kier alpha value is -0.450. The average Bonchev–Trinajstić information content (AvgIpc) is 2.21. The number of anilines is 1. The number of carbonyl (C=O) groups is 1. The van der Waals surface area contributed by atoms with Gasteiger partial charge in [0.25, 0.3) is 0 Å². The number of benzene rings is 1. The normalized spacial score (nSPS) is 10.1. The molecule has 3 nitrogen and oxygen atoms in total. The molecular formula is C10H11BrCl2N2O. The summed E-state index contributed by atoms with van der Waals surface area (Å²) in [6.45, 7) is 2.49. The van der Waals surface area contributed by atoms with Crippen molar-refractivity contribution >= 4 is 50.9 Å². The van der Waals surface area contributed by atoms with E-state index in [0.29, 0.717) is 22.3 Å². The van der Waals surface area contributed by atoms with Crippen LogP contribution in [0.15, 0.2) is 16.6 Å². The molecule has 0 aliphatic carbocycles. The SMILES string of the molecule is CCN(C)C(=O)Nc1c(Cl)cc(Br)cc1Cl. The molecule has 0 heterocycles. The first-order valence-corrected chi connectivity index (χ1v) is 6.17. The van der Waals surface area contributed by atoms with Crippen LogP contribution in [0.3, 0.4) is 0 Å². The van der Waals surface area contributed by atoms with Gasteiger partial charge in [-0.3, -0.25) is 0 Å². The molecule has 1 rings (SSSR count). The second kappa shape index (κ2) is 5.75. The van der Waals surface area contributed by atoms with Gasteiger partial charge in [-0.2, -0.15) is 0 Å². The molecule has 0 aliphatic heterocycles. The third kappa shape index (κ3) is 3.27. The smallest absolute Gasteiger partial charge is 0.321 e. The number of hydrogen-bond acceptors (Lipinski definition) is 1. The zero-order valence-electron chi connectivity index (χ0n) is 8.85. The van der Waals surface area contributed by atoms with Crippen LogP contribution in [-0.4, -0.2) is 24.5 Å². The van der Waals surface area contributed by atoms with E-state index in [1.807, 2.05) is 6.92 Å². The number of amides is 2. The molecule has 1 aromatic carbocycles. The summed E-state index contributed by atoms with van der Waals surface area (Å²) in [5.41, 5.74) is 0.428. The van der Waals surface area contributed by atoms with E-state index in [9.17, 15) is 4.79 Å². The largest absolute Gasteiger partial charge is 0.328 e. The molecular weight excluding hydrogens is 315 g/mol. The number of hydrogen-bond donors (Lipinski definition) is 1. The molecule has 6 heteroatoms. The molecule has 0 bridgehead atoms. The standard InChI is InChI=1S/C10H11BrCl2N2O/c1-3-15(2)10(16)14-9-7(12)4-6(11)5-8(9)13/h4-5H,3H2,1-2H3,(H,14,16). The predicted octanol–water partition coefficient (Wildman–Crippen LogP) is 4.24. The van der Waals surface area contributed by atoms with Crippen LogP contribution in [0.2, 0.25) is 10.0 Å². The molecule has 2 amide bonds. The minimum Gasteiger partial charge on any atom is -0.328 e. The van der Waals surface area contributed by atoms with Crippen molar-refractivity contribution in [2.24, 2.45) is 0 Å². The monoisotopic (exact) mass is 324 g/mol. The summed E-state index contributed by atoms with van der Waals surface area (Å²) in [7, 11) is 1.69. The van der Waals surface area contributed by atoms with Gasteiger partial charge in [-0.25, -0.2) is 4.79 Å². The van der Waals surface area contributed by atoms with Crippen LogP contribution in [0.1, 0.15) is 6.92 Å². The van der Waals surface area contributed by atoms with E-state index in [0.717, 1.165) is 4.47 Å². The molecule has 0 spiro atoms. The Morgan fingerprint density at radius 2 is 1.94 bits per heavy atom. The van der Waals surface area contributed by atoms with E-state index < -0.39 is 0 Å². The molecule has 16 heavy (non-hydrogen) atoms. The Kier molecular flexibility index (Phi) is 4.89. The van der Waals surface area contributed by atoms with Crippen LogP contribution in [-0.2, 0) is 0 Å². The fourth-order valence-corrected chi connectivity index (χ4v) is 2.31. The van der Waals surface area contributed by atoms with Gasteiger partial charge in [0, 0.05) is 18.1 Å². The average molecular weight is 326 g/mol. The first-order valence-electron chi connectivity index (χ1n) is 4.62. The number of urea groups is 1. The molecule has 0 unspecified atom stereocenters. The maximum Gasteiger partial charge on any atom is 0.321 e. The van der Waals surface area contributed by atoms with Crippen molar-refractivity contribution in [3.8, 4) is 0 Å². The Morgan fingerprint density at radius 3 is 2.38 bits per heavy atom. The Morgan fingerprint density at radius 1 is 1.44 bits per heavy atom. The van der Waals surface area contributed by atoms with E-state index in [-0.39, 0.29) is 6.03 Å². The molecule has 0 saturated heterocycles. The predicted molar refractivity (Wildman–Crippen MR) is 71.5 cm³/mol. The van der Waals surface area contributed by atoms with Crippen molar-refractivity contribution in [2.45, 2.75) is 6.92 Å². The molecule has 88 valence electrons. The van der Waals surface area contributed by atoms with Crippen molar-refractivity contribution in [3.05, 3.63) is 26.7 Å². The summed E-state index contributed by atoms with van der Waals surface area (Å²) in [6.07, 6.45) is 0. The summed E-state index contributed by atoms with van der Waals surface area (Å²) >= 11 is 15.2. The van der Waals surface area contributed by atoms with Gasteiger partial charge in [0.15, 0.2) is 0 Å². The van der Waals surface area contributed by atoms with Gasteiger partial charge < -0.3 is 10.2 Å². The highest BCUT2D eigenvalue weighted by Gasteiger charge is 2.12. The molecule has 0 aromatic heterocycles. The van der Waals surface area contributed by atoms with Crippen molar-refractivity contribution < 1.29 is 4.79 Å². The third-order valence-electron chi connectivity index (χ3n) is 2.06. The Balaban J connectivity index is 2.93. The first kappa shape index (κ1) is 13.6. The number of rotatable bonds is 2. The summed E-state index contributed by atoms with van der Waals surface area (Å²) in [5, 5.41) is 3.46. The zero-order valence-corrected chi connectivity index (χ0v) is 11.9. The molecule has 0 aliphatic rings. The number of carbonyl (C=O) groups excluding carboxylic acids is 1. The molecule has 0 fully saturated rings. The maximum absolute atomic E-state index is 11.6. The van der Waals surface area contributed by atoms with Gasteiger partial charge in [-0.05, 0) is 19.1 Å². The van der Waals surface area contributed by atoms with Crippen molar-refractivity contribution in [1.29, 1.82) is 0 Å².